The van der Waals surface area contributed by atoms with Gasteiger partial charge >= 0.3 is 6.18 Å². The molecule has 160 valence electrons. The maximum Gasteiger partial charge on any atom is 0.430 e. The Balaban J connectivity index is 2.00. The molecule has 0 aromatic carbocycles. The zero-order valence-corrected chi connectivity index (χ0v) is 16.3. The molecular formula is C20H24F3NO5. The minimum absolute atomic E-state index is 0.0147. The van der Waals surface area contributed by atoms with Crippen LogP contribution in [-0.4, -0.2) is 55.3 Å². The summed E-state index contributed by atoms with van der Waals surface area (Å²) < 4.78 is 50.0. The van der Waals surface area contributed by atoms with Gasteiger partial charge in [0, 0.05) is 24.5 Å². The van der Waals surface area contributed by atoms with Gasteiger partial charge in [0.05, 0.1) is 25.4 Å². The SMILES string of the molecule is COCCOCC1(C)NC(C(F)(F)F)=CC=C1C(O)=C1C(=O)C2CCC(C2)C1=O. The molecule has 3 rings (SSSR count). The van der Waals surface area contributed by atoms with Crippen molar-refractivity contribution in [2.75, 3.05) is 26.9 Å². The average molecular weight is 415 g/mol. The standard InChI is InChI=1S/C20H24F3NO5/c1-19(10-29-8-7-28-2)13(5-6-14(24-19)20(21,22)23)18(27)15-16(25)11-3-4-12(9-11)17(15)26/h5-6,11-12,24,27H,3-4,7-10H2,1-2H3. The second kappa shape index (κ2) is 7.95. The Morgan fingerprint density at radius 3 is 2.38 bits per heavy atom. The molecule has 3 aliphatic rings. The summed E-state index contributed by atoms with van der Waals surface area (Å²) in [7, 11) is 1.46. The van der Waals surface area contributed by atoms with Crippen LogP contribution in [0.5, 0.6) is 0 Å². The molecule has 3 atom stereocenters. The number of carbonyl (C=O) groups is 2. The lowest BCUT2D eigenvalue weighted by atomic mass is 9.78. The van der Waals surface area contributed by atoms with Crippen LogP contribution in [0.4, 0.5) is 13.2 Å². The van der Waals surface area contributed by atoms with Gasteiger partial charge in [-0.25, -0.2) is 0 Å². The fraction of sp³-hybridized carbons (Fsp3) is 0.600. The van der Waals surface area contributed by atoms with Crippen molar-refractivity contribution < 1.29 is 37.3 Å². The Labute approximate surface area is 166 Å². The number of aliphatic hydroxyl groups excluding tert-OH is 1. The number of rotatable bonds is 6. The smallest absolute Gasteiger partial charge is 0.430 e. The van der Waals surface area contributed by atoms with Crippen LogP contribution in [0, 0.1) is 11.8 Å². The van der Waals surface area contributed by atoms with Gasteiger partial charge in [-0.15, -0.1) is 0 Å². The van der Waals surface area contributed by atoms with E-state index in [0.717, 1.165) is 12.2 Å². The molecule has 0 aromatic rings. The summed E-state index contributed by atoms with van der Waals surface area (Å²) in [4.78, 5) is 25.4. The van der Waals surface area contributed by atoms with Crippen LogP contribution in [0.2, 0.25) is 0 Å². The first kappa shape index (κ1) is 21.6. The number of Topliss-reactive ketones (excluding diaryl/α,β-unsaturated/α-hetero) is 2. The van der Waals surface area contributed by atoms with E-state index in [1.54, 1.807) is 0 Å². The molecule has 2 aliphatic carbocycles. The van der Waals surface area contributed by atoms with Crippen molar-refractivity contribution in [2.45, 2.75) is 37.9 Å². The van der Waals surface area contributed by atoms with E-state index in [2.05, 4.69) is 5.32 Å². The van der Waals surface area contributed by atoms with E-state index in [4.69, 9.17) is 9.47 Å². The quantitative estimate of drug-likeness (QED) is 0.300. The van der Waals surface area contributed by atoms with Crippen LogP contribution >= 0.6 is 0 Å². The minimum atomic E-state index is -4.63. The number of ketones is 2. The molecule has 2 bridgehead atoms. The monoisotopic (exact) mass is 415 g/mol. The number of fused-ring (bicyclic) bond motifs is 2. The van der Waals surface area contributed by atoms with Crippen molar-refractivity contribution in [3.05, 3.63) is 34.8 Å². The van der Waals surface area contributed by atoms with Crippen molar-refractivity contribution in [2.24, 2.45) is 11.8 Å². The molecule has 3 unspecified atom stereocenters. The van der Waals surface area contributed by atoms with Crippen molar-refractivity contribution in [3.8, 4) is 0 Å². The molecule has 2 N–H and O–H groups in total. The van der Waals surface area contributed by atoms with Gasteiger partial charge in [-0.1, -0.05) is 6.08 Å². The summed E-state index contributed by atoms with van der Waals surface area (Å²) in [6.45, 7) is 1.56. The number of ether oxygens (including phenoxy) is 2. The van der Waals surface area contributed by atoms with Gasteiger partial charge in [0.1, 0.15) is 17.0 Å². The van der Waals surface area contributed by atoms with Gasteiger partial charge in [-0.05, 0) is 32.3 Å². The third kappa shape index (κ3) is 4.11. The number of nitrogens with one attached hydrogen (secondary N) is 1. The first-order chi connectivity index (χ1) is 13.6. The summed E-state index contributed by atoms with van der Waals surface area (Å²) in [6.07, 6.45) is -1.11. The Morgan fingerprint density at radius 2 is 1.83 bits per heavy atom. The predicted molar refractivity (Wildman–Crippen MR) is 97.0 cm³/mol. The Bertz CT molecular complexity index is 774. The predicted octanol–water partition coefficient (Wildman–Crippen LogP) is 2.76. The number of allylic oxidation sites excluding steroid dienone is 4. The zero-order valence-electron chi connectivity index (χ0n) is 16.3. The molecule has 6 nitrogen and oxygen atoms in total. The van der Waals surface area contributed by atoms with Crippen molar-refractivity contribution in [1.29, 1.82) is 0 Å². The summed E-state index contributed by atoms with van der Waals surface area (Å²) in [6, 6.07) is 0. The number of hydrogen-bond donors (Lipinski definition) is 2. The van der Waals surface area contributed by atoms with Crippen molar-refractivity contribution >= 4 is 11.6 Å². The van der Waals surface area contributed by atoms with E-state index in [-0.39, 0.29) is 42.8 Å². The number of hydrogen-bond acceptors (Lipinski definition) is 6. The molecule has 1 heterocycles. The van der Waals surface area contributed by atoms with Gasteiger partial charge in [0.2, 0.25) is 0 Å². The maximum absolute atomic E-state index is 13.2. The molecule has 0 radical (unpaired) electrons. The molecule has 9 heteroatoms. The normalized spacial score (nSPS) is 29.5. The summed E-state index contributed by atoms with van der Waals surface area (Å²) in [5, 5.41) is 13.2. The van der Waals surface area contributed by atoms with Crippen LogP contribution < -0.4 is 5.32 Å². The van der Waals surface area contributed by atoms with Gasteiger partial charge in [0.15, 0.2) is 11.6 Å². The van der Waals surface area contributed by atoms with E-state index in [1.807, 2.05) is 0 Å². The fourth-order valence-corrected chi connectivity index (χ4v) is 4.15. The van der Waals surface area contributed by atoms with E-state index >= 15 is 0 Å². The summed E-state index contributed by atoms with van der Waals surface area (Å²) in [5.74, 6) is -2.08. The molecule has 0 amide bonds. The van der Waals surface area contributed by atoms with Crippen LogP contribution in [-0.2, 0) is 19.1 Å². The van der Waals surface area contributed by atoms with Gasteiger partial charge < -0.3 is 19.9 Å². The summed E-state index contributed by atoms with van der Waals surface area (Å²) in [5.41, 5.74) is -2.79. The number of aliphatic hydroxyl groups is 1. The molecule has 2 fully saturated rings. The van der Waals surface area contributed by atoms with Crippen LogP contribution in [0.3, 0.4) is 0 Å². The highest BCUT2D eigenvalue weighted by Crippen LogP contribution is 2.43. The number of carbonyl (C=O) groups excluding carboxylic acids is 2. The van der Waals surface area contributed by atoms with E-state index < -0.39 is 34.7 Å². The largest absolute Gasteiger partial charge is 0.507 e. The van der Waals surface area contributed by atoms with Crippen LogP contribution in [0.1, 0.15) is 26.2 Å². The maximum atomic E-state index is 13.2. The number of halogens is 3. The highest BCUT2D eigenvalue weighted by molar-refractivity contribution is 6.24. The lowest BCUT2D eigenvalue weighted by Crippen LogP contribution is -2.52. The molecule has 0 saturated heterocycles. The fourth-order valence-electron chi connectivity index (χ4n) is 4.15. The molecule has 0 spiro atoms. The van der Waals surface area contributed by atoms with Crippen LogP contribution in [0.15, 0.2) is 34.8 Å². The third-order valence-electron chi connectivity index (χ3n) is 5.71. The van der Waals surface area contributed by atoms with Crippen molar-refractivity contribution in [3.63, 3.8) is 0 Å². The van der Waals surface area contributed by atoms with E-state index in [1.165, 1.54) is 14.0 Å². The Kier molecular flexibility index (Phi) is 5.91. The van der Waals surface area contributed by atoms with Gasteiger partial charge in [0.25, 0.3) is 0 Å². The molecule has 1 aliphatic heterocycles. The molecule has 0 aromatic heterocycles. The Hall–Kier alpha value is -2.13. The lowest BCUT2D eigenvalue weighted by Gasteiger charge is -2.38. The first-order valence-corrected chi connectivity index (χ1v) is 9.45. The number of alkyl halides is 3. The van der Waals surface area contributed by atoms with Gasteiger partial charge in [-0.3, -0.25) is 9.59 Å². The second-order valence-electron chi connectivity index (χ2n) is 7.82. The highest BCUT2D eigenvalue weighted by Gasteiger charge is 2.48. The molecular weight excluding hydrogens is 391 g/mol. The number of dihydropyridines is 1. The molecule has 29 heavy (non-hydrogen) atoms. The highest BCUT2D eigenvalue weighted by atomic mass is 19.4. The van der Waals surface area contributed by atoms with E-state index in [0.29, 0.717) is 19.3 Å². The van der Waals surface area contributed by atoms with Gasteiger partial charge in [-0.2, -0.15) is 13.2 Å². The number of methoxy groups -OCH3 is 1. The second-order valence-corrected chi connectivity index (χ2v) is 7.82. The Morgan fingerprint density at radius 1 is 1.21 bits per heavy atom. The topological polar surface area (TPSA) is 84.9 Å². The first-order valence-electron chi connectivity index (χ1n) is 9.45. The van der Waals surface area contributed by atoms with E-state index in [9.17, 15) is 27.9 Å². The van der Waals surface area contributed by atoms with Crippen LogP contribution in [0.25, 0.3) is 0 Å². The zero-order chi connectivity index (χ0) is 21.4. The molecule has 2 saturated carbocycles. The lowest BCUT2D eigenvalue weighted by molar-refractivity contribution is -0.127. The summed E-state index contributed by atoms with van der Waals surface area (Å²) >= 11 is 0. The average Bonchev–Trinajstić information content (AvgIpc) is 3.10. The van der Waals surface area contributed by atoms with Crippen molar-refractivity contribution in [1.82, 2.24) is 5.32 Å². The minimum Gasteiger partial charge on any atom is -0.507 e. The third-order valence-corrected chi connectivity index (χ3v) is 5.71.